The van der Waals surface area contributed by atoms with Crippen molar-refractivity contribution < 1.29 is 50.9 Å². The minimum absolute atomic E-state index is 0.0598. The number of esters is 1. The van der Waals surface area contributed by atoms with E-state index in [0.29, 0.717) is 10.8 Å². The number of nitrogens with one attached hydrogen (secondary N) is 2. The van der Waals surface area contributed by atoms with Gasteiger partial charge in [0.1, 0.15) is 36.3 Å². The second-order valence-electron chi connectivity index (χ2n) is 8.35. The Balaban J connectivity index is 1.74. The average molecular weight is 581 g/mol. The molecular weight excluding hydrogens is 554 g/mol. The van der Waals surface area contributed by atoms with E-state index < -0.39 is 67.8 Å². The fourth-order valence-electron chi connectivity index (χ4n) is 3.46. The van der Waals surface area contributed by atoms with Crippen molar-refractivity contribution >= 4 is 13.7 Å². The number of aromatic amines is 1. The molecule has 1 aliphatic rings. The van der Waals surface area contributed by atoms with Crippen LogP contribution in [0.3, 0.4) is 0 Å². The van der Waals surface area contributed by atoms with E-state index in [2.05, 4.69) is 5.09 Å². The number of nitrogens with zero attached hydrogens (tertiary/aromatic N) is 1. The predicted molar refractivity (Wildman–Crippen MR) is 127 cm³/mol. The summed E-state index contributed by atoms with van der Waals surface area (Å²) in [5.74, 6) is -0.679. The molecule has 17 heteroatoms. The zero-order chi connectivity index (χ0) is 28.8. The molecule has 13 nitrogen and oxygen atoms in total. The van der Waals surface area contributed by atoms with Crippen LogP contribution in [-0.2, 0) is 34.3 Å². The van der Waals surface area contributed by atoms with Crippen molar-refractivity contribution in [1.82, 2.24) is 14.6 Å². The van der Waals surface area contributed by atoms with Crippen molar-refractivity contribution in [3.63, 3.8) is 0 Å². The van der Waals surface area contributed by atoms with Crippen molar-refractivity contribution in [2.45, 2.75) is 44.0 Å². The molecule has 39 heavy (non-hydrogen) atoms. The van der Waals surface area contributed by atoms with Crippen molar-refractivity contribution in [2.24, 2.45) is 0 Å². The van der Waals surface area contributed by atoms with Gasteiger partial charge in [-0.1, -0.05) is 18.2 Å². The van der Waals surface area contributed by atoms with Crippen LogP contribution in [0.15, 0.2) is 46.1 Å². The number of rotatable bonds is 12. The van der Waals surface area contributed by atoms with Crippen molar-refractivity contribution in [3.05, 3.63) is 62.9 Å². The number of H-pyrrole nitrogens is 1. The highest BCUT2D eigenvalue weighted by molar-refractivity contribution is 7.52. The van der Waals surface area contributed by atoms with Gasteiger partial charge in [0.25, 0.3) is 5.56 Å². The lowest BCUT2D eigenvalue weighted by Crippen LogP contribution is -2.37. The van der Waals surface area contributed by atoms with Crippen molar-refractivity contribution in [2.75, 3.05) is 26.9 Å². The summed E-state index contributed by atoms with van der Waals surface area (Å²) in [7, 11) is -2.93. The third kappa shape index (κ3) is 8.24. The number of para-hydroxylation sites is 1. The number of aliphatic hydroxyl groups excluding tert-OH is 1. The largest absolute Gasteiger partial charge is 0.462 e. The first-order valence-corrected chi connectivity index (χ1v) is 13.1. The van der Waals surface area contributed by atoms with Gasteiger partial charge in [-0.25, -0.2) is 9.36 Å². The number of benzene rings is 1. The Morgan fingerprint density at radius 3 is 2.62 bits per heavy atom. The summed E-state index contributed by atoms with van der Waals surface area (Å²) in [6, 6.07) is 6.61. The van der Waals surface area contributed by atoms with Crippen LogP contribution < -0.4 is 20.9 Å². The van der Waals surface area contributed by atoms with E-state index in [0.717, 1.165) is 0 Å². The topological polar surface area (TPSA) is 167 Å². The van der Waals surface area contributed by atoms with Crippen molar-refractivity contribution in [1.29, 1.82) is 0 Å². The third-order valence-electron chi connectivity index (χ3n) is 5.40. The number of aliphatic hydroxyl groups is 1. The minimum atomic E-state index is -5.04. The van der Waals surface area contributed by atoms with Crippen LogP contribution in [0.5, 0.6) is 5.75 Å². The van der Waals surface area contributed by atoms with Crippen LogP contribution in [0.1, 0.15) is 25.1 Å². The molecular formula is C22H27F3N3O10P. The highest BCUT2D eigenvalue weighted by Gasteiger charge is 2.41. The molecule has 0 saturated carbocycles. The molecule has 0 radical (unpaired) electrons. The first-order valence-electron chi connectivity index (χ1n) is 11.5. The second kappa shape index (κ2) is 12.9. The summed E-state index contributed by atoms with van der Waals surface area (Å²) in [4.78, 5) is 37.5. The van der Waals surface area contributed by atoms with E-state index in [4.69, 9.17) is 23.3 Å². The number of methoxy groups -OCH3 is 1. The van der Waals surface area contributed by atoms with Crippen LogP contribution in [0.2, 0.25) is 0 Å². The molecule has 5 atom stereocenters. The molecule has 3 rings (SSSR count). The molecule has 2 aromatic rings. The summed E-state index contributed by atoms with van der Waals surface area (Å²) in [5.41, 5.74) is -4.44. The molecule has 1 saturated heterocycles. The van der Waals surface area contributed by atoms with Crippen LogP contribution in [0.4, 0.5) is 13.2 Å². The molecule has 0 unspecified atom stereocenters. The molecule has 216 valence electrons. The van der Waals surface area contributed by atoms with Crippen LogP contribution in [0, 0.1) is 0 Å². The Hall–Kier alpha value is -3.01. The fraction of sp³-hybridized carbons (Fsp3) is 0.500. The molecule has 2 heterocycles. The highest BCUT2D eigenvalue weighted by atomic mass is 31.2. The molecule has 0 bridgehead atoms. The first kappa shape index (κ1) is 30.5. The Morgan fingerprint density at radius 1 is 1.28 bits per heavy atom. The number of ether oxygens (including phenoxy) is 3. The van der Waals surface area contributed by atoms with Gasteiger partial charge >= 0.3 is 25.6 Å². The Morgan fingerprint density at radius 2 is 1.97 bits per heavy atom. The monoisotopic (exact) mass is 581 g/mol. The molecule has 1 fully saturated rings. The smallest absolute Gasteiger partial charge is 0.459 e. The van der Waals surface area contributed by atoms with Crippen LogP contribution in [0.25, 0.3) is 0 Å². The van der Waals surface area contributed by atoms with Gasteiger partial charge in [0, 0.05) is 19.7 Å². The average Bonchev–Trinajstić information content (AvgIpc) is 3.22. The molecule has 0 amide bonds. The zero-order valence-corrected chi connectivity index (χ0v) is 21.6. The Labute approximate surface area is 219 Å². The number of aromatic nitrogens is 2. The van der Waals surface area contributed by atoms with Gasteiger partial charge in [0.2, 0.25) is 0 Å². The number of hydrogen-bond donors (Lipinski definition) is 3. The van der Waals surface area contributed by atoms with Crippen molar-refractivity contribution in [3.8, 4) is 5.75 Å². The summed E-state index contributed by atoms with van der Waals surface area (Å²) in [6.07, 6.45) is -9.15. The maximum atomic E-state index is 13.5. The number of hydrogen-bond acceptors (Lipinski definition) is 10. The van der Waals surface area contributed by atoms with Gasteiger partial charge in [-0.3, -0.25) is 23.7 Å². The molecule has 3 N–H and O–H groups in total. The Kier molecular flexibility index (Phi) is 10.1. The number of halogens is 3. The SMILES string of the molecule is COCCOC(=O)[C@H](C)N[P@](=O)(OC[C@@H]1O[C@H](n2cc(C(F)(F)F)c(=O)[nH]c2=O)C[C@H]1O)Oc1ccccc1. The van der Waals surface area contributed by atoms with E-state index in [1.165, 1.54) is 26.2 Å². The number of carbonyl (C=O) groups is 1. The van der Waals surface area contributed by atoms with Gasteiger partial charge < -0.3 is 23.8 Å². The highest BCUT2D eigenvalue weighted by Crippen LogP contribution is 2.46. The maximum Gasteiger partial charge on any atom is 0.459 e. The van der Waals surface area contributed by atoms with Gasteiger partial charge in [0.05, 0.1) is 19.3 Å². The lowest BCUT2D eigenvalue weighted by Gasteiger charge is -2.24. The molecule has 1 aromatic heterocycles. The van der Waals surface area contributed by atoms with E-state index in [-0.39, 0.29) is 25.4 Å². The van der Waals surface area contributed by atoms with Gasteiger partial charge in [0.15, 0.2) is 0 Å². The van der Waals surface area contributed by atoms with Gasteiger partial charge in [-0.05, 0) is 19.1 Å². The summed E-state index contributed by atoms with van der Waals surface area (Å²) in [6.45, 7) is 0.797. The van der Waals surface area contributed by atoms with E-state index in [1.807, 2.05) is 0 Å². The van der Waals surface area contributed by atoms with Gasteiger partial charge in [-0.15, -0.1) is 0 Å². The maximum absolute atomic E-state index is 13.5. The minimum Gasteiger partial charge on any atom is -0.462 e. The Bertz CT molecular complexity index is 1290. The number of alkyl halides is 3. The predicted octanol–water partition coefficient (Wildman–Crippen LogP) is 1.58. The quantitative estimate of drug-likeness (QED) is 0.189. The second-order valence-corrected chi connectivity index (χ2v) is 10.0. The molecule has 1 aromatic carbocycles. The zero-order valence-electron chi connectivity index (χ0n) is 20.8. The normalized spacial score (nSPS) is 21.7. The van der Waals surface area contributed by atoms with E-state index in [9.17, 15) is 37.2 Å². The molecule has 0 spiro atoms. The fourth-order valence-corrected chi connectivity index (χ4v) is 4.96. The third-order valence-corrected chi connectivity index (χ3v) is 7.05. The van der Waals surface area contributed by atoms with E-state index in [1.54, 1.807) is 23.2 Å². The molecule has 1 aliphatic heterocycles. The summed E-state index contributed by atoms with van der Waals surface area (Å²) in [5, 5.41) is 12.8. The molecule has 0 aliphatic carbocycles. The lowest BCUT2D eigenvalue weighted by molar-refractivity contribution is -0.146. The summed E-state index contributed by atoms with van der Waals surface area (Å²) < 4.78 is 79.7. The van der Waals surface area contributed by atoms with Crippen LogP contribution >= 0.6 is 7.75 Å². The lowest BCUT2D eigenvalue weighted by atomic mass is 10.2. The van der Waals surface area contributed by atoms with E-state index >= 15 is 0 Å². The standard InChI is InChI=1S/C22H27F3N3O10P/c1-13(20(31)35-9-8-34-2)27-39(33,38-14-6-4-3-5-7-14)36-12-17-16(29)10-18(37-17)28-11-15(22(23,24)25)19(30)26-21(28)32/h3-7,11,13,16-18,29H,8-10,12H2,1-2H3,(H,27,33)(H,26,30,32)/t13-,16+,17-,18-,39-/m0/s1. The van der Waals surface area contributed by atoms with Gasteiger partial charge in [-0.2, -0.15) is 18.3 Å². The summed E-state index contributed by atoms with van der Waals surface area (Å²) >= 11 is 0. The number of carbonyl (C=O) groups excluding carboxylic acids is 1. The van der Waals surface area contributed by atoms with Crippen LogP contribution in [-0.4, -0.2) is 65.8 Å². The first-order chi connectivity index (χ1) is 18.3.